The summed E-state index contributed by atoms with van der Waals surface area (Å²) in [6.45, 7) is 4.13. The van der Waals surface area contributed by atoms with Crippen molar-refractivity contribution in [3.8, 4) is 0 Å². The van der Waals surface area contributed by atoms with E-state index in [4.69, 9.17) is 14.4 Å². The summed E-state index contributed by atoms with van der Waals surface area (Å²) in [6, 6.07) is -0.0339. The fourth-order valence-electron chi connectivity index (χ4n) is 0.897. The Bertz CT molecular complexity index is 181. The Kier molecular flexibility index (Phi) is 5.94. The molecule has 0 bridgehead atoms. The summed E-state index contributed by atoms with van der Waals surface area (Å²) in [5.41, 5.74) is 0. The Labute approximate surface area is 85.1 Å². The molecule has 0 saturated carbocycles. The predicted molar refractivity (Wildman–Crippen MR) is 54.3 cm³/mol. The molecule has 14 heavy (non-hydrogen) atoms. The van der Waals surface area contributed by atoms with E-state index in [1.807, 2.05) is 13.8 Å². The van der Waals surface area contributed by atoms with Crippen LogP contribution in [0.25, 0.3) is 0 Å². The first-order valence-electron chi connectivity index (χ1n) is 4.81. The number of carbonyl (C=O) groups is 1. The van der Waals surface area contributed by atoms with E-state index in [9.17, 15) is 4.79 Å². The second-order valence-electron chi connectivity index (χ2n) is 3.48. The fraction of sp³-hybridized carbons (Fsp3) is 0.875. The normalized spacial score (nSPS) is 13.8. The molecule has 0 rings (SSSR count). The van der Waals surface area contributed by atoms with Gasteiger partial charge in [-0.1, -0.05) is 13.8 Å². The zero-order valence-electron chi connectivity index (χ0n) is 8.66. The average molecular weight is 221 g/mol. The van der Waals surface area contributed by atoms with E-state index in [1.165, 1.54) is 0 Å². The van der Waals surface area contributed by atoms with E-state index in [0.29, 0.717) is 13.0 Å². The lowest BCUT2D eigenvalue weighted by Gasteiger charge is -2.11. The number of carbonyl (C=O) groups excluding carboxylic acids is 1. The number of hydrogen-bond donors (Lipinski definition) is 4. The molecule has 0 aliphatic carbocycles. The van der Waals surface area contributed by atoms with E-state index >= 15 is 0 Å². The molecular weight excluding hydrogens is 202 g/mol. The highest BCUT2D eigenvalue weighted by molar-refractivity contribution is 6.56. The molecule has 6 heteroatoms. The Balaban J connectivity index is 3.51. The molecule has 0 aromatic carbocycles. The van der Waals surface area contributed by atoms with Crippen molar-refractivity contribution in [3.63, 3.8) is 0 Å². The number of nitrogens with one attached hydrogen (secondary N) is 1. The molecule has 5 nitrogen and oxygen atoms in total. The minimum Gasteiger partial charge on any atom is -0.390 e. The molecule has 0 aliphatic heterocycles. The maximum Gasteiger partial charge on any atom is 0.492 e. The molecule has 84 valence electrons. The first-order valence-corrected chi connectivity index (χ1v) is 6.86. The highest BCUT2D eigenvalue weighted by Gasteiger charge is 2.25. The largest absolute Gasteiger partial charge is 0.492 e. The Hall–Kier alpha value is -0.433. The zero-order valence-corrected chi connectivity index (χ0v) is 9.66. The maximum absolute atomic E-state index is 11.2. The molecule has 0 saturated heterocycles. The van der Waals surface area contributed by atoms with Crippen molar-refractivity contribution in [2.45, 2.75) is 32.7 Å². The molecule has 0 radical (unpaired) electrons. The minimum absolute atomic E-state index is 0.0191. The molecule has 0 aromatic rings. The standard InChI is InChI=1S/C8H19NO4Si/c1-3-7(2)8(10)9-5-4-6-14(11,12)13/h7,11-13H,3-6H2,1-2H3,(H,9,10). The monoisotopic (exact) mass is 221 g/mol. The van der Waals surface area contributed by atoms with E-state index in [2.05, 4.69) is 5.32 Å². The van der Waals surface area contributed by atoms with Gasteiger partial charge in [-0.2, -0.15) is 0 Å². The maximum atomic E-state index is 11.2. The van der Waals surface area contributed by atoms with Crippen LogP contribution >= 0.6 is 0 Å². The van der Waals surface area contributed by atoms with Crippen molar-refractivity contribution < 1.29 is 19.2 Å². The summed E-state index contributed by atoms with van der Waals surface area (Å²) in [4.78, 5) is 37.2. The van der Waals surface area contributed by atoms with Gasteiger partial charge < -0.3 is 19.7 Å². The van der Waals surface area contributed by atoms with Gasteiger partial charge in [0.05, 0.1) is 0 Å². The second-order valence-corrected chi connectivity index (χ2v) is 5.53. The van der Waals surface area contributed by atoms with E-state index in [1.54, 1.807) is 0 Å². The van der Waals surface area contributed by atoms with Crippen LogP contribution < -0.4 is 5.32 Å². The minimum atomic E-state index is -3.92. The van der Waals surface area contributed by atoms with Crippen LogP contribution in [0.3, 0.4) is 0 Å². The third-order valence-corrected chi connectivity index (χ3v) is 3.07. The van der Waals surface area contributed by atoms with Crippen LogP contribution in [0.4, 0.5) is 0 Å². The van der Waals surface area contributed by atoms with E-state index in [0.717, 1.165) is 6.42 Å². The third kappa shape index (κ3) is 7.02. The first kappa shape index (κ1) is 13.6. The molecule has 1 amide bonds. The van der Waals surface area contributed by atoms with Gasteiger partial charge in [0.2, 0.25) is 5.91 Å². The molecular formula is C8H19NO4Si. The van der Waals surface area contributed by atoms with Crippen LogP contribution in [0.1, 0.15) is 26.7 Å². The van der Waals surface area contributed by atoms with E-state index < -0.39 is 8.80 Å². The SMILES string of the molecule is CCC(C)C(=O)NCCC[Si](O)(O)O. The molecule has 0 spiro atoms. The van der Waals surface area contributed by atoms with Gasteiger partial charge in [-0.25, -0.2) is 0 Å². The van der Waals surface area contributed by atoms with Gasteiger partial charge in [-0.15, -0.1) is 0 Å². The van der Waals surface area contributed by atoms with Gasteiger partial charge in [0, 0.05) is 18.5 Å². The van der Waals surface area contributed by atoms with Crippen LogP contribution in [0.15, 0.2) is 0 Å². The molecule has 0 heterocycles. The van der Waals surface area contributed by atoms with Gasteiger partial charge in [0.25, 0.3) is 0 Å². The van der Waals surface area contributed by atoms with Gasteiger partial charge >= 0.3 is 8.80 Å². The van der Waals surface area contributed by atoms with Crippen LogP contribution in [-0.4, -0.2) is 35.6 Å². The number of rotatable bonds is 6. The highest BCUT2D eigenvalue weighted by atomic mass is 28.4. The van der Waals surface area contributed by atoms with Gasteiger partial charge in [-0.3, -0.25) is 4.79 Å². The quantitative estimate of drug-likeness (QED) is 0.358. The van der Waals surface area contributed by atoms with Crippen LogP contribution in [0.2, 0.25) is 6.04 Å². The van der Waals surface area contributed by atoms with Crippen LogP contribution in [0.5, 0.6) is 0 Å². The Morgan fingerprint density at radius 2 is 2.00 bits per heavy atom. The predicted octanol–water partition coefficient (Wildman–Crippen LogP) is -0.545. The van der Waals surface area contributed by atoms with Crippen molar-refractivity contribution in [2.75, 3.05) is 6.54 Å². The molecule has 0 aromatic heterocycles. The highest BCUT2D eigenvalue weighted by Crippen LogP contribution is 2.02. The van der Waals surface area contributed by atoms with Crippen LogP contribution in [0, 0.1) is 5.92 Å². The number of amides is 1. The van der Waals surface area contributed by atoms with Gasteiger partial charge in [-0.05, 0) is 12.8 Å². The van der Waals surface area contributed by atoms with Crippen molar-refractivity contribution in [2.24, 2.45) is 5.92 Å². The third-order valence-electron chi connectivity index (χ3n) is 2.05. The van der Waals surface area contributed by atoms with Gasteiger partial charge in [0.1, 0.15) is 0 Å². The smallest absolute Gasteiger partial charge is 0.390 e. The first-order chi connectivity index (χ1) is 6.37. The zero-order chi connectivity index (χ0) is 11.2. The summed E-state index contributed by atoms with van der Waals surface area (Å²) in [5.74, 6) is -0.0528. The Morgan fingerprint density at radius 1 is 1.43 bits per heavy atom. The van der Waals surface area contributed by atoms with E-state index in [-0.39, 0.29) is 17.9 Å². The summed E-state index contributed by atoms with van der Waals surface area (Å²) < 4.78 is 0. The van der Waals surface area contributed by atoms with Crippen molar-refractivity contribution in [1.29, 1.82) is 0 Å². The molecule has 0 aliphatic rings. The fourth-order valence-corrected chi connectivity index (χ4v) is 1.55. The lowest BCUT2D eigenvalue weighted by Crippen LogP contribution is -2.36. The molecule has 4 N–H and O–H groups in total. The van der Waals surface area contributed by atoms with Crippen molar-refractivity contribution >= 4 is 14.7 Å². The summed E-state index contributed by atoms with van der Waals surface area (Å²) in [5, 5.41) is 2.66. The topological polar surface area (TPSA) is 89.8 Å². The molecule has 1 unspecified atom stereocenters. The summed E-state index contributed by atoms with van der Waals surface area (Å²) in [7, 11) is -3.92. The van der Waals surface area contributed by atoms with Crippen LogP contribution in [-0.2, 0) is 4.79 Å². The Morgan fingerprint density at radius 3 is 2.43 bits per heavy atom. The van der Waals surface area contributed by atoms with Gasteiger partial charge in [0.15, 0.2) is 0 Å². The molecule has 0 fully saturated rings. The number of hydrogen-bond acceptors (Lipinski definition) is 4. The lowest BCUT2D eigenvalue weighted by atomic mass is 10.1. The molecule has 1 atom stereocenters. The summed E-state index contributed by atoms with van der Waals surface area (Å²) in [6.07, 6.45) is 1.17. The average Bonchev–Trinajstić information content (AvgIpc) is 2.09. The van der Waals surface area contributed by atoms with Crippen molar-refractivity contribution in [1.82, 2.24) is 5.32 Å². The second kappa shape index (κ2) is 6.13. The van der Waals surface area contributed by atoms with Crippen molar-refractivity contribution in [3.05, 3.63) is 0 Å². The lowest BCUT2D eigenvalue weighted by molar-refractivity contribution is -0.124. The summed E-state index contributed by atoms with van der Waals surface area (Å²) >= 11 is 0.